The summed E-state index contributed by atoms with van der Waals surface area (Å²) in [4.78, 5) is 22.5. The Bertz CT molecular complexity index is 1140. The van der Waals surface area contributed by atoms with Crippen LogP contribution in [-0.2, 0) is 0 Å². The number of hydrogen-bond donors (Lipinski definition) is 2. The minimum absolute atomic E-state index is 0.132. The number of nitrogens with one attached hydrogen (secondary N) is 1. The molecule has 138 valence electrons. The normalized spacial score (nSPS) is 12.4. The SMILES string of the molecule is CCOc1ccc(-c2csc3ncn(C(C)c4nc(N)n[nH]4)c(=O)c23)cc1. The maximum Gasteiger partial charge on any atom is 0.263 e. The van der Waals surface area contributed by atoms with Crippen molar-refractivity contribution in [3.8, 4) is 16.9 Å². The minimum Gasteiger partial charge on any atom is -0.494 e. The van der Waals surface area contributed by atoms with Crippen LogP contribution in [0.25, 0.3) is 21.3 Å². The maximum absolute atomic E-state index is 13.2. The fourth-order valence-corrected chi connectivity index (χ4v) is 3.84. The summed E-state index contributed by atoms with van der Waals surface area (Å²) in [5, 5.41) is 9.13. The molecule has 1 atom stereocenters. The minimum atomic E-state index is -0.368. The molecule has 0 fully saturated rings. The molecule has 0 bridgehead atoms. The van der Waals surface area contributed by atoms with E-state index in [1.807, 2.05) is 43.5 Å². The van der Waals surface area contributed by atoms with Gasteiger partial charge in [-0.3, -0.25) is 14.5 Å². The van der Waals surface area contributed by atoms with Crippen LogP contribution in [0.4, 0.5) is 5.95 Å². The van der Waals surface area contributed by atoms with E-state index in [0.717, 1.165) is 16.9 Å². The van der Waals surface area contributed by atoms with Crippen LogP contribution < -0.4 is 16.0 Å². The Morgan fingerprint density at radius 1 is 1.33 bits per heavy atom. The summed E-state index contributed by atoms with van der Waals surface area (Å²) in [6.07, 6.45) is 1.53. The van der Waals surface area contributed by atoms with Crippen molar-refractivity contribution < 1.29 is 4.74 Å². The molecule has 0 aliphatic heterocycles. The molecule has 27 heavy (non-hydrogen) atoms. The molecule has 0 saturated heterocycles. The van der Waals surface area contributed by atoms with Crippen LogP contribution in [0.5, 0.6) is 5.75 Å². The standard InChI is InChI=1S/C18H18N6O2S/c1-3-26-12-6-4-11(5-7-12)13-8-27-16-14(13)17(25)24(9-20-16)10(2)15-21-18(19)23-22-15/h4-10H,3H2,1-2H3,(H3,19,21,22,23). The predicted octanol–water partition coefficient (Wildman–Crippen LogP) is 2.83. The number of aromatic amines is 1. The lowest BCUT2D eigenvalue weighted by Crippen LogP contribution is -2.25. The van der Waals surface area contributed by atoms with Crippen LogP contribution in [0.15, 0.2) is 40.8 Å². The number of rotatable bonds is 5. The molecule has 1 unspecified atom stereocenters. The van der Waals surface area contributed by atoms with Crippen molar-refractivity contribution in [3.05, 3.63) is 52.2 Å². The van der Waals surface area contributed by atoms with Gasteiger partial charge in [0.25, 0.3) is 5.56 Å². The topological polar surface area (TPSA) is 112 Å². The zero-order valence-electron chi connectivity index (χ0n) is 14.8. The largest absolute Gasteiger partial charge is 0.494 e. The van der Waals surface area contributed by atoms with Gasteiger partial charge in [0, 0.05) is 10.9 Å². The second-order valence-electron chi connectivity index (χ2n) is 6.00. The Morgan fingerprint density at radius 2 is 2.11 bits per heavy atom. The Kier molecular flexibility index (Phi) is 4.36. The molecule has 4 rings (SSSR count). The quantitative estimate of drug-likeness (QED) is 0.549. The molecule has 3 aromatic heterocycles. The average Bonchev–Trinajstić information content (AvgIpc) is 3.29. The first-order chi connectivity index (χ1) is 13.1. The maximum atomic E-state index is 13.2. The van der Waals surface area contributed by atoms with Crippen molar-refractivity contribution in [3.63, 3.8) is 0 Å². The third-order valence-corrected chi connectivity index (χ3v) is 5.22. The monoisotopic (exact) mass is 382 g/mol. The summed E-state index contributed by atoms with van der Waals surface area (Å²) in [7, 11) is 0. The second-order valence-corrected chi connectivity index (χ2v) is 6.86. The molecule has 8 nitrogen and oxygen atoms in total. The number of thiophene rings is 1. The van der Waals surface area contributed by atoms with Gasteiger partial charge in [-0.1, -0.05) is 12.1 Å². The molecule has 3 N–H and O–H groups in total. The number of anilines is 1. The zero-order valence-corrected chi connectivity index (χ0v) is 15.7. The van der Waals surface area contributed by atoms with Gasteiger partial charge in [0.2, 0.25) is 5.95 Å². The highest BCUT2D eigenvalue weighted by atomic mass is 32.1. The second kappa shape index (κ2) is 6.84. The fourth-order valence-electron chi connectivity index (χ4n) is 2.94. The molecule has 0 radical (unpaired) electrons. The highest BCUT2D eigenvalue weighted by Crippen LogP contribution is 2.32. The number of H-pyrrole nitrogens is 1. The fraction of sp³-hybridized carbons (Fsp3) is 0.222. The number of nitrogens with two attached hydrogens (primary N) is 1. The average molecular weight is 382 g/mol. The zero-order chi connectivity index (χ0) is 19.0. The number of hydrogen-bond acceptors (Lipinski definition) is 7. The van der Waals surface area contributed by atoms with Crippen molar-refractivity contribution in [1.29, 1.82) is 0 Å². The van der Waals surface area contributed by atoms with Crippen molar-refractivity contribution >= 4 is 27.5 Å². The van der Waals surface area contributed by atoms with Crippen LogP contribution in [-0.4, -0.2) is 31.3 Å². The lowest BCUT2D eigenvalue weighted by atomic mass is 10.1. The molecular formula is C18H18N6O2S. The number of ether oxygens (including phenoxy) is 1. The molecule has 1 aromatic carbocycles. The third-order valence-electron chi connectivity index (χ3n) is 4.33. The van der Waals surface area contributed by atoms with E-state index in [4.69, 9.17) is 10.5 Å². The molecule has 0 aliphatic rings. The molecule has 0 spiro atoms. The van der Waals surface area contributed by atoms with Crippen LogP contribution in [0.3, 0.4) is 0 Å². The summed E-state index contributed by atoms with van der Waals surface area (Å²) in [6, 6.07) is 7.33. The molecule has 0 amide bonds. The van der Waals surface area contributed by atoms with Crippen molar-refractivity contribution in [1.82, 2.24) is 24.7 Å². The first kappa shape index (κ1) is 17.2. The van der Waals surface area contributed by atoms with Gasteiger partial charge < -0.3 is 10.5 Å². The molecule has 9 heteroatoms. The highest BCUT2D eigenvalue weighted by Gasteiger charge is 2.18. The van der Waals surface area contributed by atoms with Crippen molar-refractivity contribution in [2.45, 2.75) is 19.9 Å². The third kappa shape index (κ3) is 3.06. The molecule has 4 aromatic rings. The van der Waals surface area contributed by atoms with Gasteiger partial charge >= 0.3 is 0 Å². The lowest BCUT2D eigenvalue weighted by Gasteiger charge is -2.12. The highest BCUT2D eigenvalue weighted by molar-refractivity contribution is 7.17. The summed E-state index contributed by atoms with van der Waals surface area (Å²) in [5.74, 6) is 1.45. The molecule has 0 saturated carbocycles. The lowest BCUT2D eigenvalue weighted by molar-refractivity contribution is 0.340. The van der Waals surface area contributed by atoms with Gasteiger partial charge in [-0.2, -0.15) is 4.98 Å². The van der Waals surface area contributed by atoms with Crippen LogP contribution in [0.1, 0.15) is 25.7 Å². The number of aromatic nitrogens is 5. The smallest absolute Gasteiger partial charge is 0.263 e. The van der Waals surface area contributed by atoms with Gasteiger partial charge in [0.1, 0.15) is 16.4 Å². The first-order valence-electron chi connectivity index (χ1n) is 8.47. The van der Waals surface area contributed by atoms with Gasteiger partial charge in [-0.05, 0) is 31.5 Å². The molecule has 3 heterocycles. The van der Waals surface area contributed by atoms with Gasteiger partial charge in [0.05, 0.1) is 24.4 Å². The van der Waals surface area contributed by atoms with E-state index in [9.17, 15) is 4.79 Å². The van der Waals surface area contributed by atoms with Crippen LogP contribution in [0.2, 0.25) is 0 Å². The van der Waals surface area contributed by atoms with Crippen molar-refractivity contribution in [2.75, 3.05) is 12.3 Å². The van der Waals surface area contributed by atoms with Crippen LogP contribution >= 0.6 is 11.3 Å². The Morgan fingerprint density at radius 3 is 2.78 bits per heavy atom. The summed E-state index contributed by atoms with van der Waals surface area (Å²) in [5.41, 5.74) is 7.24. The number of nitrogens with zero attached hydrogens (tertiary/aromatic N) is 4. The van der Waals surface area contributed by atoms with Gasteiger partial charge in [0.15, 0.2) is 0 Å². The van der Waals surface area contributed by atoms with Gasteiger partial charge in [-0.25, -0.2) is 4.98 Å². The summed E-state index contributed by atoms with van der Waals surface area (Å²) in [6.45, 7) is 4.40. The molecular weight excluding hydrogens is 364 g/mol. The van der Waals surface area contributed by atoms with E-state index in [0.29, 0.717) is 22.6 Å². The summed E-state index contributed by atoms with van der Waals surface area (Å²) >= 11 is 1.45. The molecule has 0 aliphatic carbocycles. The van der Waals surface area contributed by atoms with E-state index < -0.39 is 0 Å². The Hall–Kier alpha value is -3.20. The van der Waals surface area contributed by atoms with E-state index >= 15 is 0 Å². The van der Waals surface area contributed by atoms with Gasteiger partial charge in [-0.15, -0.1) is 16.4 Å². The van der Waals surface area contributed by atoms with E-state index in [1.54, 1.807) is 0 Å². The van der Waals surface area contributed by atoms with Crippen molar-refractivity contribution in [2.24, 2.45) is 0 Å². The Balaban J connectivity index is 1.80. The predicted molar refractivity (Wildman–Crippen MR) is 105 cm³/mol. The van der Waals surface area contributed by atoms with E-state index in [2.05, 4.69) is 20.2 Å². The summed E-state index contributed by atoms with van der Waals surface area (Å²) < 4.78 is 7.02. The van der Waals surface area contributed by atoms with Crippen LogP contribution in [0, 0.1) is 0 Å². The Labute approximate surface area is 158 Å². The number of fused-ring (bicyclic) bond motifs is 1. The first-order valence-corrected chi connectivity index (χ1v) is 9.35. The number of benzene rings is 1. The van der Waals surface area contributed by atoms with E-state index in [1.165, 1.54) is 22.2 Å². The number of nitrogen functional groups attached to an aromatic ring is 1. The van der Waals surface area contributed by atoms with E-state index in [-0.39, 0.29) is 17.5 Å².